The third kappa shape index (κ3) is 0.348. The second kappa shape index (κ2) is 1.16. The Hall–Kier alpha value is 0.220. The summed E-state index contributed by atoms with van der Waals surface area (Å²) < 4.78 is 13.0. The SMILES string of the molecule is F[C@@H]1[C@@H]2C[C@H]3[C@@H]([C@H]2Cl)[C@@H]13. The van der Waals surface area contributed by atoms with Gasteiger partial charge in [-0.05, 0) is 24.2 Å². The van der Waals surface area contributed by atoms with Gasteiger partial charge in [0.2, 0.25) is 0 Å². The minimum Gasteiger partial charge on any atom is -0.247 e. The zero-order chi connectivity index (χ0) is 6.17. The molecule has 0 nitrogen and oxygen atoms in total. The molecule has 4 aliphatic rings. The Kier molecular flexibility index (Phi) is 0.638. The molecule has 4 bridgehead atoms. The minimum atomic E-state index is -0.525. The molecule has 0 spiro atoms. The summed E-state index contributed by atoms with van der Waals surface area (Å²) >= 11 is 5.95. The Bertz CT molecular complexity index is 150. The number of alkyl halides is 2. The topological polar surface area (TPSA) is 0 Å². The quantitative estimate of drug-likeness (QED) is 0.458. The predicted molar refractivity (Wildman–Crippen MR) is 33.1 cm³/mol. The zero-order valence-electron chi connectivity index (χ0n) is 4.93. The molecule has 0 aliphatic heterocycles. The third-order valence-corrected chi connectivity index (χ3v) is 4.00. The number of rotatable bonds is 0. The van der Waals surface area contributed by atoms with Crippen molar-refractivity contribution in [3.63, 3.8) is 0 Å². The highest BCUT2D eigenvalue weighted by molar-refractivity contribution is 6.21. The number of halogens is 2. The zero-order valence-corrected chi connectivity index (χ0v) is 5.68. The molecule has 4 fully saturated rings. The van der Waals surface area contributed by atoms with Gasteiger partial charge in [-0.25, -0.2) is 4.39 Å². The molecule has 4 aliphatic carbocycles. The van der Waals surface area contributed by atoms with Crippen LogP contribution >= 0.6 is 11.6 Å². The van der Waals surface area contributed by atoms with Crippen LogP contribution in [0.25, 0.3) is 0 Å². The average Bonchev–Trinajstić information content (AvgIpc) is 2.18. The number of hydrogen-bond donors (Lipinski definition) is 0. The van der Waals surface area contributed by atoms with Gasteiger partial charge in [-0.1, -0.05) is 0 Å². The van der Waals surface area contributed by atoms with Gasteiger partial charge in [0, 0.05) is 11.3 Å². The molecule has 4 saturated carbocycles. The molecule has 0 N–H and O–H groups in total. The molecule has 2 heteroatoms. The van der Waals surface area contributed by atoms with E-state index in [0.717, 1.165) is 6.42 Å². The highest BCUT2D eigenvalue weighted by Gasteiger charge is 2.73. The summed E-state index contributed by atoms with van der Waals surface area (Å²) in [6.45, 7) is 0. The summed E-state index contributed by atoms with van der Waals surface area (Å²) in [5, 5.41) is 0.204. The molecular formula is C7H8ClF. The number of hydrogen-bond acceptors (Lipinski definition) is 0. The van der Waals surface area contributed by atoms with Gasteiger partial charge >= 0.3 is 0 Å². The van der Waals surface area contributed by atoms with E-state index in [4.69, 9.17) is 11.6 Å². The van der Waals surface area contributed by atoms with Crippen LogP contribution in [-0.2, 0) is 0 Å². The highest BCUT2D eigenvalue weighted by atomic mass is 35.5. The van der Waals surface area contributed by atoms with E-state index in [1.165, 1.54) is 0 Å². The van der Waals surface area contributed by atoms with Crippen molar-refractivity contribution in [2.75, 3.05) is 0 Å². The van der Waals surface area contributed by atoms with Crippen LogP contribution < -0.4 is 0 Å². The van der Waals surface area contributed by atoms with E-state index in [1.54, 1.807) is 0 Å². The fourth-order valence-electron chi connectivity index (χ4n) is 2.96. The lowest BCUT2D eigenvalue weighted by molar-refractivity contribution is 0.272. The van der Waals surface area contributed by atoms with Gasteiger partial charge in [0.25, 0.3) is 0 Å². The van der Waals surface area contributed by atoms with Crippen LogP contribution in [0.1, 0.15) is 6.42 Å². The van der Waals surface area contributed by atoms with Crippen LogP contribution in [0.2, 0.25) is 0 Å². The lowest BCUT2D eigenvalue weighted by atomic mass is 10.1. The lowest BCUT2D eigenvalue weighted by Crippen LogP contribution is -2.11. The van der Waals surface area contributed by atoms with Crippen molar-refractivity contribution in [2.24, 2.45) is 23.7 Å². The van der Waals surface area contributed by atoms with Gasteiger partial charge in [0.15, 0.2) is 0 Å². The largest absolute Gasteiger partial charge is 0.247 e. The van der Waals surface area contributed by atoms with E-state index in [2.05, 4.69) is 0 Å². The molecule has 50 valence electrons. The van der Waals surface area contributed by atoms with Crippen molar-refractivity contribution < 1.29 is 4.39 Å². The summed E-state index contributed by atoms with van der Waals surface area (Å²) in [4.78, 5) is 0. The molecular weight excluding hydrogens is 139 g/mol. The van der Waals surface area contributed by atoms with Gasteiger partial charge in [-0.15, -0.1) is 11.6 Å². The van der Waals surface area contributed by atoms with Crippen molar-refractivity contribution >= 4 is 11.6 Å². The summed E-state index contributed by atoms with van der Waals surface area (Å²) in [6.07, 6.45) is 0.562. The molecule has 0 aromatic rings. The van der Waals surface area contributed by atoms with E-state index in [1.807, 2.05) is 0 Å². The van der Waals surface area contributed by atoms with Crippen molar-refractivity contribution in [3.8, 4) is 0 Å². The Morgan fingerprint density at radius 3 is 2.11 bits per heavy atom. The van der Waals surface area contributed by atoms with Crippen LogP contribution in [-0.4, -0.2) is 11.5 Å². The smallest absolute Gasteiger partial charge is 0.108 e. The first kappa shape index (κ1) is 4.95. The van der Waals surface area contributed by atoms with E-state index in [-0.39, 0.29) is 11.3 Å². The van der Waals surface area contributed by atoms with Crippen LogP contribution in [0.5, 0.6) is 0 Å². The molecule has 9 heavy (non-hydrogen) atoms. The molecule has 0 aromatic heterocycles. The molecule has 0 heterocycles. The standard InChI is InChI=1S/C7H8ClF/c8-6-3-1-2-4(6)5(2)7(3)9/h2-7H,1H2/t2-,3+,4+,5-,6-,7+/m0/s1. The van der Waals surface area contributed by atoms with Crippen molar-refractivity contribution in [1.29, 1.82) is 0 Å². The third-order valence-electron chi connectivity index (χ3n) is 3.39. The van der Waals surface area contributed by atoms with Gasteiger partial charge in [0.1, 0.15) is 6.17 Å². The van der Waals surface area contributed by atoms with Crippen LogP contribution in [0.4, 0.5) is 4.39 Å². The van der Waals surface area contributed by atoms with Crippen LogP contribution in [0, 0.1) is 23.7 Å². The summed E-state index contributed by atoms with van der Waals surface area (Å²) in [6, 6.07) is 0. The maximum Gasteiger partial charge on any atom is 0.108 e. The monoisotopic (exact) mass is 146 g/mol. The maximum absolute atomic E-state index is 13.0. The van der Waals surface area contributed by atoms with Gasteiger partial charge in [-0.2, -0.15) is 0 Å². The molecule has 6 atom stereocenters. The lowest BCUT2D eigenvalue weighted by Gasteiger charge is -2.06. The van der Waals surface area contributed by atoms with E-state index < -0.39 is 6.17 Å². The Morgan fingerprint density at radius 2 is 2.00 bits per heavy atom. The van der Waals surface area contributed by atoms with Gasteiger partial charge < -0.3 is 0 Å². The van der Waals surface area contributed by atoms with E-state index >= 15 is 0 Å². The highest BCUT2D eigenvalue weighted by Crippen LogP contribution is 2.72. The van der Waals surface area contributed by atoms with Crippen LogP contribution in [0.3, 0.4) is 0 Å². The van der Waals surface area contributed by atoms with Crippen molar-refractivity contribution in [2.45, 2.75) is 18.0 Å². The normalized spacial score (nSPS) is 75.3. The van der Waals surface area contributed by atoms with Crippen LogP contribution in [0.15, 0.2) is 0 Å². The molecule has 0 aromatic carbocycles. The summed E-state index contributed by atoms with van der Waals surface area (Å²) in [5.41, 5.74) is 0. The summed E-state index contributed by atoms with van der Waals surface area (Å²) in [7, 11) is 0. The van der Waals surface area contributed by atoms with E-state index in [9.17, 15) is 4.39 Å². The van der Waals surface area contributed by atoms with Gasteiger partial charge in [-0.3, -0.25) is 0 Å². The van der Waals surface area contributed by atoms with Crippen molar-refractivity contribution in [3.05, 3.63) is 0 Å². The van der Waals surface area contributed by atoms with Crippen molar-refractivity contribution in [1.82, 2.24) is 0 Å². The molecule has 0 saturated heterocycles. The predicted octanol–water partition coefficient (Wildman–Crippen LogP) is 1.83. The fraction of sp³-hybridized carbons (Fsp3) is 1.00. The maximum atomic E-state index is 13.0. The first-order chi connectivity index (χ1) is 4.30. The Balaban J connectivity index is 2.07. The minimum absolute atomic E-state index is 0.204. The first-order valence-electron chi connectivity index (χ1n) is 3.59. The first-order valence-corrected chi connectivity index (χ1v) is 4.02. The second-order valence-electron chi connectivity index (χ2n) is 3.61. The summed E-state index contributed by atoms with van der Waals surface area (Å²) in [5.74, 6) is 1.93. The Labute approximate surface area is 58.4 Å². The van der Waals surface area contributed by atoms with Gasteiger partial charge in [0.05, 0.1) is 0 Å². The second-order valence-corrected chi connectivity index (χ2v) is 4.11. The molecule has 0 radical (unpaired) electrons. The molecule has 0 unspecified atom stereocenters. The van der Waals surface area contributed by atoms with E-state index in [0.29, 0.717) is 17.8 Å². The Morgan fingerprint density at radius 1 is 1.22 bits per heavy atom. The average molecular weight is 147 g/mol. The fourth-order valence-corrected chi connectivity index (χ4v) is 3.56. The molecule has 0 amide bonds. The molecule has 4 rings (SSSR count).